The van der Waals surface area contributed by atoms with Gasteiger partial charge in [-0.15, -0.1) is 0 Å². The van der Waals surface area contributed by atoms with Crippen LogP contribution in [-0.2, 0) is 0 Å². The van der Waals surface area contributed by atoms with Gasteiger partial charge >= 0.3 is 0 Å². The molecule has 0 fully saturated rings. The van der Waals surface area contributed by atoms with E-state index in [0.29, 0.717) is 22.4 Å². The van der Waals surface area contributed by atoms with Crippen LogP contribution in [0.5, 0.6) is 0 Å². The zero-order valence-corrected chi connectivity index (χ0v) is 11.8. The summed E-state index contributed by atoms with van der Waals surface area (Å²) in [6.45, 7) is 0. The van der Waals surface area contributed by atoms with Crippen molar-refractivity contribution in [2.45, 2.75) is 4.84 Å². The van der Waals surface area contributed by atoms with E-state index in [1.54, 1.807) is 18.2 Å². The fourth-order valence-electron chi connectivity index (χ4n) is 2.12. The summed E-state index contributed by atoms with van der Waals surface area (Å²) in [7, 11) is 0. The molecule has 3 nitrogen and oxygen atoms in total. The van der Waals surface area contributed by atoms with E-state index in [1.807, 2.05) is 36.4 Å². The second-order valence-corrected chi connectivity index (χ2v) is 5.36. The van der Waals surface area contributed by atoms with Crippen molar-refractivity contribution in [2.24, 2.45) is 0 Å². The van der Waals surface area contributed by atoms with Crippen LogP contribution < -0.4 is 5.56 Å². The third-order valence-electron chi connectivity index (χ3n) is 3.01. The molecule has 0 saturated heterocycles. The Morgan fingerprint density at radius 1 is 0.950 bits per heavy atom. The Morgan fingerprint density at radius 3 is 2.30 bits per heavy atom. The van der Waals surface area contributed by atoms with Gasteiger partial charge in [0.25, 0.3) is 5.56 Å². The molecule has 0 aliphatic carbocycles. The fraction of sp³-hybridized carbons (Fsp3) is 0.0667. The van der Waals surface area contributed by atoms with Crippen LogP contribution in [-0.4, -0.2) is 9.55 Å². The van der Waals surface area contributed by atoms with Gasteiger partial charge in [0.2, 0.25) is 0 Å². The highest BCUT2D eigenvalue weighted by atomic mass is 35.5. The first-order valence-electron chi connectivity index (χ1n) is 6.04. The van der Waals surface area contributed by atoms with Crippen LogP contribution in [0.4, 0.5) is 0 Å². The van der Waals surface area contributed by atoms with Gasteiger partial charge in [-0.3, -0.25) is 9.36 Å². The zero-order chi connectivity index (χ0) is 14.1. The van der Waals surface area contributed by atoms with Crippen molar-refractivity contribution in [3.63, 3.8) is 0 Å². The van der Waals surface area contributed by atoms with Crippen LogP contribution in [0, 0.1) is 0 Å². The maximum atomic E-state index is 12.7. The Balaban J connectivity index is 2.43. The van der Waals surface area contributed by atoms with E-state index < -0.39 is 4.84 Å². The van der Waals surface area contributed by atoms with E-state index >= 15 is 0 Å². The number of nitrogens with zero attached hydrogens (tertiary/aromatic N) is 2. The minimum Gasteiger partial charge on any atom is -0.268 e. The third kappa shape index (κ3) is 2.19. The predicted molar refractivity (Wildman–Crippen MR) is 81.8 cm³/mol. The van der Waals surface area contributed by atoms with Crippen molar-refractivity contribution in [3.05, 3.63) is 70.8 Å². The normalized spacial score (nSPS) is 11.2. The molecule has 0 aliphatic rings. The molecule has 0 atom stereocenters. The number of para-hydroxylation sites is 2. The molecule has 5 heteroatoms. The largest absolute Gasteiger partial charge is 0.268 e. The molecule has 3 aromatic rings. The standard InChI is InChI=1S/C15H10Cl2N2O/c16-13(17)14-18-12-9-5-4-8-11(12)15(20)19(14)10-6-2-1-3-7-10/h1-9,13H. The van der Waals surface area contributed by atoms with Crippen molar-refractivity contribution in [1.82, 2.24) is 9.55 Å². The Hall–Kier alpha value is -1.84. The van der Waals surface area contributed by atoms with Gasteiger partial charge in [-0.2, -0.15) is 0 Å². The SMILES string of the molecule is O=c1c2ccccc2nc(C(Cl)Cl)n1-c1ccccc1. The van der Waals surface area contributed by atoms with E-state index in [-0.39, 0.29) is 5.56 Å². The summed E-state index contributed by atoms with van der Waals surface area (Å²) in [6, 6.07) is 16.3. The number of hydrogen-bond donors (Lipinski definition) is 0. The van der Waals surface area contributed by atoms with E-state index in [4.69, 9.17) is 23.2 Å². The van der Waals surface area contributed by atoms with Gasteiger partial charge in [-0.05, 0) is 24.3 Å². The average Bonchev–Trinajstić information content (AvgIpc) is 2.48. The van der Waals surface area contributed by atoms with Crippen molar-refractivity contribution in [3.8, 4) is 5.69 Å². The lowest BCUT2D eigenvalue weighted by Gasteiger charge is -2.13. The predicted octanol–water partition coefficient (Wildman–Crippen LogP) is 3.86. The Morgan fingerprint density at radius 2 is 1.60 bits per heavy atom. The number of benzene rings is 2. The maximum absolute atomic E-state index is 12.7. The number of hydrogen-bond acceptors (Lipinski definition) is 2. The Bertz CT molecular complexity index is 813. The number of fused-ring (bicyclic) bond motifs is 1. The number of rotatable bonds is 2. The molecule has 0 spiro atoms. The van der Waals surface area contributed by atoms with Gasteiger partial charge in [-0.25, -0.2) is 4.98 Å². The highest BCUT2D eigenvalue weighted by Crippen LogP contribution is 2.25. The average molecular weight is 305 g/mol. The van der Waals surface area contributed by atoms with Gasteiger partial charge in [0.1, 0.15) is 5.82 Å². The first kappa shape index (κ1) is 13.2. The molecular formula is C15H10Cl2N2O. The van der Waals surface area contributed by atoms with E-state index in [2.05, 4.69) is 4.98 Å². The quantitative estimate of drug-likeness (QED) is 0.674. The highest BCUT2D eigenvalue weighted by Gasteiger charge is 2.17. The number of alkyl halides is 2. The summed E-state index contributed by atoms with van der Waals surface area (Å²) >= 11 is 11.9. The molecular weight excluding hydrogens is 295 g/mol. The minimum absolute atomic E-state index is 0.178. The first-order chi connectivity index (χ1) is 9.68. The lowest BCUT2D eigenvalue weighted by molar-refractivity contribution is 0.871. The molecule has 3 rings (SSSR count). The van der Waals surface area contributed by atoms with Crippen molar-refractivity contribution >= 4 is 34.1 Å². The van der Waals surface area contributed by atoms with Crippen LogP contribution >= 0.6 is 23.2 Å². The molecule has 2 aromatic carbocycles. The van der Waals surface area contributed by atoms with Gasteiger partial charge < -0.3 is 0 Å². The molecule has 0 unspecified atom stereocenters. The van der Waals surface area contributed by atoms with Crippen molar-refractivity contribution < 1.29 is 0 Å². The van der Waals surface area contributed by atoms with Gasteiger partial charge in [0, 0.05) is 0 Å². The van der Waals surface area contributed by atoms with Gasteiger partial charge in [0.15, 0.2) is 4.84 Å². The van der Waals surface area contributed by atoms with Gasteiger partial charge in [0.05, 0.1) is 16.6 Å². The van der Waals surface area contributed by atoms with Crippen LogP contribution in [0.2, 0.25) is 0 Å². The van der Waals surface area contributed by atoms with Crippen LogP contribution in [0.15, 0.2) is 59.4 Å². The smallest absolute Gasteiger partial charge is 0.266 e. The monoisotopic (exact) mass is 304 g/mol. The summed E-state index contributed by atoms with van der Waals surface area (Å²) < 4.78 is 1.45. The maximum Gasteiger partial charge on any atom is 0.266 e. The second-order valence-electron chi connectivity index (χ2n) is 4.26. The molecule has 1 aromatic heterocycles. The minimum atomic E-state index is -0.882. The first-order valence-corrected chi connectivity index (χ1v) is 6.91. The Labute approximate surface area is 125 Å². The van der Waals surface area contributed by atoms with Crippen LogP contribution in [0.3, 0.4) is 0 Å². The molecule has 100 valence electrons. The topological polar surface area (TPSA) is 34.9 Å². The molecule has 0 radical (unpaired) electrons. The summed E-state index contributed by atoms with van der Waals surface area (Å²) in [5.41, 5.74) is 1.10. The van der Waals surface area contributed by atoms with Crippen LogP contribution in [0.1, 0.15) is 10.7 Å². The third-order valence-corrected chi connectivity index (χ3v) is 3.40. The van der Waals surface area contributed by atoms with E-state index in [1.165, 1.54) is 4.57 Å². The molecule has 0 N–H and O–H groups in total. The van der Waals surface area contributed by atoms with Crippen molar-refractivity contribution in [1.29, 1.82) is 0 Å². The molecule has 0 bridgehead atoms. The van der Waals surface area contributed by atoms with Gasteiger partial charge in [-0.1, -0.05) is 53.5 Å². The zero-order valence-electron chi connectivity index (χ0n) is 10.3. The Kier molecular flexibility index (Phi) is 3.47. The second kappa shape index (κ2) is 5.27. The summed E-state index contributed by atoms with van der Waals surface area (Å²) in [4.78, 5) is 16.2. The van der Waals surface area contributed by atoms with Crippen molar-refractivity contribution in [2.75, 3.05) is 0 Å². The fourth-order valence-corrected chi connectivity index (χ4v) is 2.42. The summed E-state index contributed by atoms with van der Waals surface area (Å²) in [5.74, 6) is 0.322. The molecule has 1 heterocycles. The van der Waals surface area contributed by atoms with E-state index in [0.717, 1.165) is 0 Å². The molecule has 20 heavy (non-hydrogen) atoms. The molecule has 0 saturated carbocycles. The summed E-state index contributed by atoms with van der Waals surface area (Å²) in [5, 5.41) is 0.536. The highest BCUT2D eigenvalue weighted by molar-refractivity contribution is 6.43. The lowest BCUT2D eigenvalue weighted by Crippen LogP contribution is -2.23. The number of halogens is 2. The summed E-state index contributed by atoms with van der Waals surface area (Å²) in [6.07, 6.45) is 0. The molecule has 0 amide bonds. The lowest BCUT2D eigenvalue weighted by atomic mass is 10.2. The van der Waals surface area contributed by atoms with E-state index in [9.17, 15) is 4.79 Å². The number of aromatic nitrogens is 2. The van der Waals surface area contributed by atoms with Crippen LogP contribution in [0.25, 0.3) is 16.6 Å². The molecule has 0 aliphatic heterocycles.